The van der Waals surface area contributed by atoms with E-state index in [1.165, 1.54) is 4.74 Å². The van der Waals surface area contributed by atoms with Gasteiger partial charge < -0.3 is 9.84 Å². The van der Waals surface area contributed by atoms with Crippen LogP contribution >= 0.6 is 0 Å². The molecule has 1 heterocycles. The van der Waals surface area contributed by atoms with Crippen molar-refractivity contribution in [3.8, 4) is 0 Å². The standard InChI is InChI=1S/C18H27N3O4S/c1-12(2)26(23,24)20-14-6-4-13(5-7-14)11-19-15-8-9-16-17(10-15)25-21(3)18(16)22/h8-10,12-14,19-20H,4-7,11H2,1-3H3/t13-,14-. The normalized spacial score (nSPS) is 21.4. The third kappa shape index (κ3) is 4.12. The Balaban J connectivity index is 1.52. The first-order valence-corrected chi connectivity index (χ1v) is 10.7. The number of hydrogen-bond acceptors (Lipinski definition) is 5. The Morgan fingerprint density at radius 1 is 1.23 bits per heavy atom. The summed E-state index contributed by atoms with van der Waals surface area (Å²) in [7, 11) is -1.60. The van der Waals surface area contributed by atoms with E-state index in [0.29, 0.717) is 16.9 Å². The van der Waals surface area contributed by atoms with Gasteiger partial charge in [-0.3, -0.25) is 4.79 Å². The van der Waals surface area contributed by atoms with Crippen molar-refractivity contribution in [1.29, 1.82) is 0 Å². The summed E-state index contributed by atoms with van der Waals surface area (Å²) >= 11 is 0. The predicted octanol–water partition coefficient (Wildman–Crippen LogP) is 2.43. The molecular weight excluding hydrogens is 354 g/mol. The Labute approximate surface area is 153 Å². The molecule has 1 fully saturated rings. The number of benzene rings is 1. The molecule has 144 valence electrons. The first-order chi connectivity index (χ1) is 12.3. The van der Waals surface area contributed by atoms with E-state index in [9.17, 15) is 13.2 Å². The lowest BCUT2D eigenvalue weighted by atomic mass is 9.86. The van der Waals surface area contributed by atoms with Gasteiger partial charge in [-0.25, -0.2) is 13.1 Å². The molecule has 0 atom stereocenters. The van der Waals surface area contributed by atoms with Crippen molar-refractivity contribution in [2.75, 3.05) is 11.9 Å². The maximum atomic E-state index is 12.0. The average Bonchev–Trinajstić information content (AvgIpc) is 2.88. The van der Waals surface area contributed by atoms with Crippen molar-refractivity contribution in [2.24, 2.45) is 13.0 Å². The number of nitrogens with one attached hydrogen (secondary N) is 2. The van der Waals surface area contributed by atoms with Crippen molar-refractivity contribution < 1.29 is 12.9 Å². The second-order valence-electron chi connectivity index (χ2n) is 7.42. The monoisotopic (exact) mass is 381 g/mol. The van der Waals surface area contributed by atoms with Crippen molar-refractivity contribution >= 4 is 26.7 Å². The summed E-state index contributed by atoms with van der Waals surface area (Å²) < 4.78 is 33.4. The molecule has 1 aliphatic carbocycles. The third-order valence-corrected chi connectivity index (χ3v) is 7.03. The van der Waals surface area contributed by atoms with Crippen LogP contribution in [-0.2, 0) is 17.1 Å². The van der Waals surface area contributed by atoms with Gasteiger partial charge in [0.25, 0.3) is 5.56 Å². The molecule has 1 aliphatic rings. The molecule has 2 N–H and O–H groups in total. The molecular formula is C18H27N3O4S. The van der Waals surface area contributed by atoms with Crippen LogP contribution in [0.3, 0.4) is 0 Å². The van der Waals surface area contributed by atoms with Crippen LogP contribution in [0.4, 0.5) is 5.69 Å². The first-order valence-electron chi connectivity index (χ1n) is 9.11. The largest absolute Gasteiger partial charge is 0.385 e. The molecule has 0 unspecified atom stereocenters. The molecule has 0 aliphatic heterocycles. The Morgan fingerprint density at radius 2 is 1.92 bits per heavy atom. The van der Waals surface area contributed by atoms with E-state index in [1.54, 1.807) is 27.0 Å². The molecule has 0 saturated heterocycles. The van der Waals surface area contributed by atoms with Crippen molar-refractivity contribution in [2.45, 2.75) is 50.8 Å². The Hall–Kier alpha value is -1.80. The zero-order valence-corrected chi connectivity index (χ0v) is 16.3. The molecule has 1 aromatic carbocycles. The van der Waals surface area contributed by atoms with Crippen LogP contribution in [0.15, 0.2) is 27.5 Å². The van der Waals surface area contributed by atoms with Gasteiger partial charge in [-0.1, -0.05) is 0 Å². The highest BCUT2D eigenvalue weighted by atomic mass is 32.2. The second kappa shape index (κ2) is 7.44. The van der Waals surface area contributed by atoms with Gasteiger partial charge in [0.05, 0.1) is 10.6 Å². The van der Waals surface area contributed by atoms with Crippen molar-refractivity contribution in [1.82, 2.24) is 9.46 Å². The minimum atomic E-state index is -3.20. The molecule has 2 aromatic rings. The summed E-state index contributed by atoms with van der Waals surface area (Å²) in [6.07, 6.45) is 3.71. The van der Waals surface area contributed by atoms with E-state index in [2.05, 4.69) is 10.0 Å². The lowest BCUT2D eigenvalue weighted by molar-refractivity contribution is 0.323. The highest BCUT2D eigenvalue weighted by Gasteiger charge is 2.26. The summed E-state index contributed by atoms with van der Waals surface area (Å²) in [4.78, 5) is 11.8. The highest BCUT2D eigenvalue weighted by molar-refractivity contribution is 7.90. The fraction of sp³-hybridized carbons (Fsp3) is 0.611. The van der Waals surface area contributed by atoms with E-state index in [4.69, 9.17) is 4.52 Å². The van der Waals surface area contributed by atoms with Gasteiger partial charge in [-0.2, -0.15) is 4.74 Å². The van der Waals surface area contributed by atoms with E-state index in [1.807, 2.05) is 12.1 Å². The van der Waals surface area contributed by atoms with Crippen LogP contribution in [-0.4, -0.2) is 31.0 Å². The summed E-state index contributed by atoms with van der Waals surface area (Å²) in [5.74, 6) is 0.508. The van der Waals surface area contributed by atoms with Gasteiger partial charge in [0.1, 0.15) is 0 Å². The molecule has 1 aromatic heterocycles. The molecule has 8 heteroatoms. The van der Waals surface area contributed by atoms with E-state index in [-0.39, 0.29) is 11.6 Å². The summed E-state index contributed by atoms with van der Waals surface area (Å²) in [5.41, 5.74) is 1.37. The van der Waals surface area contributed by atoms with Gasteiger partial charge in [0.15, 0.2) is 5.58 Å². The zero-order valence-electron chi connectivity index (χ0n) is 15.5. The van der Waals surface area contributed by atoms with Crippen LogP contribution in [0.1, 0.15) is 39.5 Å². The molecule has 0 bridgehead atoms. The summed E-state index contributed by atoms with van der Waals surface area (Å²) in [5, 5.41) is 3.59. The summed E-state index contributed by atoms with van der Waals surface area (Å²) in [6.45, 7) is 4.22. The average molecular weight is 381 g/mol. The van der Waals surface area contributed by atoms with Crippen LogP contribution in [0.2, 0.25) is 0 Å². The third-order valence-electron chi connectivity index (χ3n) is 5.13. The minimum absolute atomic E-state index is 0.0496. The number of hydrogen-bond donors (Lipinski definition) is 2. The van der Waals surface area contributed by atoms with Crippen LogP contribution in [0, 0.1) is 5.92 Å². The number of aryl methyl sites for hydroxylation is 1. The molecule has 0 spiro atoms. The number of sulfonamides is 1. The quantitative estimate of drug-likeness (QED) is 0.802. The van der Waals surface area contributed by atoms with Crippen LogP contribution in [0.5, 0.6) is 0 Å². The number of rotatable bonds is 6. The molecule has 0 amide bonds. The fourth-order valence-corrected chi connectivity index (χ4v) is 4.33. The Bertz CT molecular complexity index is 922. The zero-order chi connectivity index (χ0) is 18.9. The molecule has 0 radical (unpaired) electrons. The lowest BCUT2D eigenvalue weighted by Gasteiger charge is -2.29. The van der Waals surface area contributed by atoms with Crippen molar-refractivity contribution in [3.05, 3.63) is 28.6 Å². The first kappa shape index (κ1) is 19.0. The minimum Gasteiger partial charge on any atom is -0.385 e. The van der Waals surface area contributed by atoms with Crippen LogP contribution in [0.25, 0.3) is 11.0 Å². The van der Waals surface area contributed by atoms with Gasteiger partial charge in [0.2, 0.25) is 10.0 Å². The topological polar surface area (TPSA) is 93.3 Å². The maximum absolute atomic E-state index is 12.0. The second-order valence-corrected chi connectivity index (χ2v) is 9.68. The van der Waals surface area contributed by atoms with Crippen LogP contribution < -0.4 is 15.6 Å². The van der Waals surface area contributed by atoms with E-state index < -0.39 is 15.3 Å². The number of anilines is 1. The van der Waals surface area contributed by atoms with E-state index >= 15 is 0 Å². The fourth-order valence-electron chi connectivity index (χ4n) is 3.36. The number of aromatic nitrogens is 1. The molecule has 26 heavy (non-hydrogen) atoms. The van der Waals surface area contributed by atoms with Crippen molar-refractivity contribution in [3.63, 3.8) is 0 Å². The Kier molecular flexibility index (Phi) is 5.43. The SMILES string of the molecule is CC(C)S(=O)(=O)N[C@H]1CC[C@H](CNc2ccc3c(=O)n(C)oc3c2)CC1. The molecule has 1 saturated carbocycles. The van der Waals surface area contributed by atoms with Gasteiger partial charge in [-0.15, -0.1) is 0 Å². The molecule has 7 nitrogen and oxygen atoms in total. The number of nitrogens with zero attached hydrogens (tertiary/aromatic N) is 1. The lowest BCUT2D eigenvalue weighted by Crippen LogP contribution is -2.41. The summed E-state index contributed by atoms with van der Waals surface area (Å²) in [6, 6.07) is 5.57. The smallest absolute Gasteiger partial charge is 0.290 e. The Morgan fingerprint density at radius 3 is 2.58 bits per heavy atom. The van der Waals surface area contributed by atoms with Gasteiger partial charge in [0, 0.05) is 31.4 Å². The predicted molar refractivity (Wildman–Crippen MR) is 103 cm³/mol. The maximum Gasteiger partial charge on any atom is 0.290 e. The highest BCUT2D eigenvalue weighted by Crippen LogP contribution is 2.26. The van der Waals surface area contributed by atoms with E-state index in [0.717, 1.165) is 37.9 Å². The number of fused-ring (bicyclic) bond motifs is 1. The molecule has 3 rings (SSSR count). The van der Waals surface area contributed by atoms with Gasteiger partial charge in [-0.05, 0) is 57.6 Å². The van der Waals surface area contributed by atoms with Gasteiger partial charge >= 0.3 is 0 Å².